The number of carboxylic acids is 1. The van der Waals surface area contributed by atoms with Crippen LogP contribution in [0.3, 0.4) is 0 Å². The number of hydrogen-bond acceptors (Lipinski definition) is 3. The molecule has 0 aliphatic heterocycles. The Labute approximate surface area is 157 Å². The molecule has 132 valence electrons. The Hall–Kier alpha value is -1.78. The molecule has 6 heteroatoms. The van der Waals surface area contributed by atoms with Gasteiger partial charge >= 0.3 is 5.97 Å². The summed E-state index contributed by atoms with van der Waals surface area (Å²) in [5, 5.41) is 11.6. The number of rotatable bonds is 4. The predicted octanol–water partition coefficient (Wildman–Crippen LogP) is 5.65. The van der Waals surface area contributed by atoms with E-state index in [2.05, 4.69) is 11.1 Å². The van der Waals surface area contributed by atoms with Crippen LogP contribution in [0, 0.1) is 0 Å². The van der Waals surface area contributed by atoms with E-state index >= 15 is 0 Å². The van der Waals surface area contributed by atoms with Crippen LogP contribution in [0.4, 0.5) is 5.82 Å². The maximum atomic E-state index is 12.2. The zero-order valence-corrected chi connectivity index (χ0v) is 15.8. The van der Waals surface area contributed by atoms with Crippen molar-refractivity contribution in [2.75, 3.05) is 18.5 Å². The van der Waals surface area contributed by atoms with E-state index in [4.69, 9.17) is 23.2 Å². The maximum absolute atomic E-state index is 12.2. The molecule has 1 N–H and O–H groups in total. The number of carbonyl (C=O) groups is 1. The smallest absolute Gasteiger partial charge is 0.340 e. The molecule has 1 aromatic carbocycles. The Bertz CT molecular complexity index is 878. The first-order valence-electron chi connectivity index (χ1n) is 8.40. The monoisotopic (exact) mass is 378 g/mol. The molecule has 0 bridgehead atoms. The van der Waals surface area contributed by atoms with E-state index in [-0.39, 0.29) is 5.56 Å². The lowest BCUT2D eigenvalue weighted by atomic mass is 9.88. The number of anilines is 1. The van der Waals surface area contributed by atoms with Gasteiger partial charge in [-0.3, -0.25) is 0 Å². The van der Waals surface area contributed by atoms with Crippen LogP contribution in [0.1, 0.15) is 48.5 Å². The van der Waals surface area contributed by atoms with Gasteiger partial charge in [-0.25, -0.2) is 9.78 Å². The summed E-state index contributed by atoms with van der Waals surface area (Å²) in [7, 11) is 1.84. The molecule has 0 saturated heterocycles. The first-order valence-corrected chi connectivity index (χ1v) is 9.16. The summed E-state index contributed by atoms with van der Waals surface area (Å²) in [6.45, 7) is 2.60. The number of fused-ring (bicyclic) bond motifs is 1. The van der Waals surface area contributed by atoms with Crippen LogP contribution >= 0.6 is 23.2 Å². The number of aromatic nitrogens is 1. The zero-order valence-electron chi connectivity index (χ0n) is 14.3. The highest BCUT2D eigenvalue weighted by atomic mass is 35.5. The normalized spacial score (nSPS) is 14.5. The van der Waals surface area contributed by atoms with Crippen molar-refractivity contribution in [1.29, 1.82) is 0 Å². The molecule has 0 spiro atoms. The first-order chi connectivity index (χ1) is 11.9. The molecule has 0 atom stereocenters. The molecule has 25 heavy (non-hydrogen) atoms. The fraction of sp³-hybridized carbons (Fsp3) is 0.368. The predicted molar refractivity (Wildman–Crippen MR) is 104 cm³/mol. The molecule has 1 heterocycles. The van der Waals surface area contributed by atoms with Gasteiger partial charge in [0.15, 0.2) is 0 Å². The van der Waals surface area contributed by atoms with Gasteiger partial charge in [0.05, 0.1) is 10.5 Å². The Morgan fingerprint density at radius 3 is 2.68 bits per heavy atom. The second kappa shape index (κ2) is 7.22. The van der Waals surface area contributed by atoms with Gasteiger partial charge in [0.25, 0.3) is 0 Å². The Balaban J connectivity index is 2.47. The lowest BCUT2D eigenvalue weighted by Crippen LogP contribution is -2.22. The van der Waals surface area contributed by atoms with E-state index in [1.807, 2.05) is 18.9 Å². The van der Waals surface area contributed by atoms with Crippen LogP contribution in [0.5, 0.6) is 0 Å². The summed E-state index contributed by atoms with van der Waals surface area (Å²) >= 11 is 12.6. The van der Waals surface area contributed by atoms with Gasteiger partial charge in [-0.15, -0.1) is 0 Å². The highest BCUT2D eigenvalue weighted by molar-refractivity contribution is 6.38. The summed E-state index contributed by atoms with van der Waals surface area (Å²) < 4.78 is 0. The van der Waals surface area contributed by atoms with Gasteiger partial charge < -0.3 is 10.0 Å². The molecule has 0 amide bonds. The molecule has 3 rings (SSSR count). The van der Waals surface area contributed by atoms with Gasteiger partial charge in [-0.1, -0.05) is 29.3 Å². The van der Waals surface area contributed by atoms with Crippen molar-refractivity contribution in [3.63, 3.8) is 0 Å². The van der Waals surface area contributed by atoms with E-state index in [0.29, 0.717) is 38.9 Å². The first kappa shape index (κ1) is 18.0. The van der Waals surface area contributed by atoms with Crippen molar-refractivity contribution in [3.05, 3.63) is 39.4 Å². The second-order valence-corrected chi connectivity index (χ2v) is 7.11. The SMILES string of the molecule is CCN(C)c1nc2c(Cl)cc(Cl)cc2c(C2=CCCCC2)c1C(=O)O. The standard InChI is InChI=1S/C19H20Cl2N2O2/c1-3-23(2)18-16(19(24)25)15(11-7-5-4-6-8-11)13-9-12(20)10-14(21)17(13)22-18/h7,9-10H,3-6,8H2,1-2H3,(H,24,25). The molecule has 0 fully saturated rings. The lowest BCUT2D eigenvalue weighted by molar-refractivity contribution is 0.0697. The van der Waals surface area contributed by atoms with Crippen molar-refractivity contribution in [2.24, 2.45) is 0 Å². The third-order valence-corrected chi connectivity index (χ3v) is 5.16. The van der Waals surface area contributed by atoms with E-state index in [1.54, 1.807) is 12.1 Å². The van der Waals surface area contributed by atoms with Crippen LogP contribution in [0.2, 0.25) is 10.0 Å². The Morgan fingerprint density at radius 2 is 2.08 bits per heavy atom. The summed E-state index contributed by atoms with van der Waals surface area (Å²) in [4.78, 5) is 18.6. The van der Waals surface area contributed by atoms with Crippen LogP contribution in [0.25, 0.3) is 16.5 Å². The van der Waals surface area contributed by atoms with Crippen LogP contribution in [-0.4, -0.2) is 29.7 Å². The molecule has 1 aliphatic carbocycles. The molecule has 2 aromatic rings. The highest BCUT2D eigenvalue weighted by Gasteiger charge is 2.26. The molecular formula is C19H20Cl2N2O2. The minimum atomic E-state index is -0.984. The van der Waals surface area contributed by atoms with E-state index in [9.17, 15) is 9.90 Å². The van der Waals surface area contributed by atoms with E-state index < -0.39 is 5.97 Å². The molecule has 0 unspecified atom stereocenters. The largest absolute Gasteiger partial charge is 0.478 e. The fourth-order valence-corrected chi connectivity index (χ4v) is 3.84. The van der Waals surface area contributed by atoms with Crippen molar-refractivity contribution < 1.29 is 9.90 Å². The molecular weight excluding hydrogens is 359 g/mol. The van der Waals surface area contributed by atoms with Gasteiger partial charge in [0, 0.05) is 29.6 Å². The minimum absolute atomic E-state index is 0.225. The topological polar surface area (TPSA) is 53.4 Å². The van der Waals surface area contributed by atoms with E-state index in [0.717, 1.165) is 31.3 Å². The third-order valence-electron chi connectivity index (χ3n) is 4.65. The number of halogens is 2. The number of hydrogen-bond donors (Lipinski definition) is 1. The van der Waals surface area contributed by atoms with Crippen LogP contribution in [-0.2, 0) is 0 Å². The Morgan fingerprint density at radius 1 is 1.32 bits per heavy atom. The second-order valence-electron chi connectivity index (χ2n) is 6.26. The number of nitrogens with zero attached hydrogens (tertiary/aromatic N) is 2. The summed E-state index contributed by atoms with van der Waals surface area (Å²) in [6, 6.07) is 3.41. The summed E-state index contributed by atoms with van der Waals surface area (Å²) in [5.74, 6) is -0.546. The molecule has 1 aliphatic rings. The summed E-state index contributed by atoms with van der Waals surface area (Å²) in [6.07, 6.45) is 6.10. The van der Waals surface area contributed by atoms with E-state index in [1.165, 1.54) is 0 Å². The third kappa shape index (κ3) is 3.33. The molecule has 4 nitrogen and oxygen atoms in total. The number of aromatic carboxylic acids is 1. The number of carboxylic acid groups (broad SMARTS) is 1. The van der Waals surface area contributed by atoms with Crippen LogP contribution in [0.15, 0.2) is 18.2 Å². The zero-order chi connectivity index (χ0) is 18.1. The van der Waals surface area contributed by atoms with Crippen LogP contribution < -0.4 is 4.90 Å². The van der Waals surface area contributed by atoms with Gasteiger partial charge in [0.2, 0.25) is 0 Å². The van der Waals surface area contributed by atoms with Crippen molar-refractivity contribution in [2.45, 2.75) is 32.6 Å². The Kier molecular flexibility index (Phi) is 5.21. The number of pyridine rings is 1. The van der Waals surface area contributed by atoms with Crippen molar-refractivity contribution in [3.8, 4) is 0 Å². The minimum Gasteiger partial charge on any atom is -0.478 e. The van der Waals surface area contributed by atoms with Gasteiger partial charge in [0.1, 0.15) is 11.4 Å². The molecule has 1 aromatic heterocycles. The van der Waals surface area contributed by atoms with Crippen molar-refractivity contribution in [1.82, 2.24) is 4.98 Å². The highest BCUT2D eigenvalue weighted by Crippen LogP contribution is 2.40. The average molecular weight is 379 g/mol. The van der Waals surface area contributed by atoms with Gasteiger partial charge in [-0.2, -0.15) is 0 Å². The molecule has 0 saturated carbocycles. The molecule has 0 radical (unpaired) electrons. The van der Waals surface area contributed by atoms with Crippen molar-refractivity contribution >= 4 is 51.5 Å². The average Bonchev–Trinajstić information content (AvgIpc) is 2.60. The maximum Gasteiger partial charge on any atom is 0.340 e. The summed E-state index contributed by atoms with van der Waals surface area (Å²) in [5.41, 5.74) is 2.56. The number of benzene rings is 1. The lowest BCUT2D eigenvalue weighted by Gasteiger charge is -2.24. The number of allylic oxidation sites excluding steroid dienone is 2. The fourth-order valence-electron chi connectivity index (χ4n) is 3.31. The quantitative estimate of drug-likeness (QED) is 0.746. The van der Waals surface area contributed by atoms with Gasteiger partial charge in [-0.05, 0) is 50.3 Å².